The number of halogens is 3. The number of aryl methyl sites for hydroxylation is 1. The van der Waals surface area contributed by atoms with E-state index in [2.05, 4.69) is 4.98 Å². The van der Waals surface area contributed by atoms with Gasteiger partial charge in [0.2, 0.25) is 5.91 Å². The number of aromatic nitrogens is 1. The number of primary amides is 1. The standard InChI is InChI=1S/C18H19F3N2O2/c1-10(2)13-9-14(11-4-3-5-12(8-11)16(22)24)15(23-17(13)25)6-7-18(19,20)21/h3-5,8-10H,6-7H2,1-2H3,(H2,22,24)(H,23,25). The Morgan fingerprint density at radius 3 is 2.48 bits per heavy atom. The van der Waals surface area contributed by atoms with Crippen LogP contribution >= 0.6 is 0 Å². The quantitative estimate of drug-likeness (QED) is 0.860. The van der Waals surface area contributed by atoms with Crippen LogP contribution in [0.2, 0.25) is 0 Å². The Labute approximate surface area is 142 Å². The first kappa shape index (κ1) is 18.8. The van der Waals surface area contributed by atoms with Gasteiger partial charge in [-0.3, -0.25) is 9.59 Å². The zero-order valence-electron chi connectivity index (χ0n) is 13.9. The van der Waals surface area contributed by atoms with E-state index in [1.807, 2.05) is 13.8 Å². The maximum Gasteiger partial charge on any atom is 0.389 e. The molecule has 25 heavy (non-hydrogen) atoms. The monoisotopic (exact) mass is 352 g/mol. The van der Waals surface area contributed by atoms with Gasteiger partial charge in [0.1, 0.15) is 0 Å². The number of pyridine rings is 1. The van der Waals surface area contributed by atoms with Crippen molar-refractivity contribution in [2.24, 2.45) is 5.73 Å². The normalized spacial score (nSPS) is 11.8. The summed E-state index contributed by atoms with van der Waals surface area (Å²) < 4.78 is 37.8. The number of nitrogens with two attached hydrogens (primary N) is 1. The van der Waals surface area contributed by atoms with Gasteiger partial charge in [-0.1, -0.05) is 26.0 Å². The van der Waals surface area contributed by atoms with Crippen LogP contribution in [0.25, 0.3) is 11.1 Å². The smallest absolute Gasteiger partial charge is 0.366 e. The van der Waals surface area contributed by atoms with E-state index in [9.17, 15) is 22.8 Å². The average molecular weight is 352 g/mol. The third-order valence-electron chi connectivity index (χ3n) is 3.89. The van der Waals surface area contributed by atoms with Crippen molar-refractivity contribution < 1.29 is 18.0 Å². The Balaban J connectivity index is 2.60. The molecule has 0 saturated heterocycles. The van der Waals surface area contributed by atoms with Gasteiger partial charge in [-0.25, -0.2) is 0 Å². The Morgan fingerprint density at radius 2 is 1.92 bits per heavy atom. The molecule has 0 fully saturated rings. The van der Waals surface area contributed by atoms with Gasteiger partial charge in [-0.2, -0.15) is 13.2 Å². The van der Waals surface area contributed by atoms with Crippen molar-refractivity contribution in [1.29, 1.82) is 0 Å². The van der Waals surface area contributed by atoms with Gasteiger partial charge >= 0.3 is 6.18 Å². The van der Waals surface area contributed by atoms with Gasteiger partial charge in [0.15, 0.2) is 0 Å². The fourth-order valence-electron chi connectivity index (χ4n) is 2.58. The number of hydrogen-bond donors (Lipinski definition) is 2. The molecule has 1 aromatic carbocycles. The van der Waals surface area contributed by atoms with E-state index in [0.717, 1.165) is 0 Å². The molecular weight excluding hydrogens is 333 g/mol. The van der Waals surface area contributed by atoms with E-state index in [4.69, 9.17) is 5.73 Å². The molecule has 0 atom stereocenters. The molecule has 134 valence electrons. The number of carbonyl (C=O) groups is 1. The second-order valence-corrected chi connectivity index (χ2v) is 6.16. The fraction of sp³-hybridized carbons (Fsp3) is 0.333. The van der Waals surface area contributed by atoms with Crippen molar-refractivity contribution in [2.75, 3.05) is 0 Å². The molecule has 1 amide bonds. The van der Waals surface area contributed by atoms with Crippen LogP contribution in [0.4, 0.5) is 13.2 Å². The molecule has 2 rings (SSSR count). The van der Waals surface area contributed by atoms with E-state index in [1.54, 1.807) is 18.2 Å². The third kappa shape index (κ3) is 4.71. The summed E-state index contributed by atoms with van der Waals surface area (Å²) in [6.07, 6.45) is -5.74. The van der Waals surface area contributed by atoms with Crippen LogP contribution in [0.15, 0.2) is 35.1 Å². The zero-order chi connectivity index (χ0) is 18.8. The SMILES string of the molecule is CC(C)c1cc(-c2cccc(C(N)=O)c2)c(CCC(F)(F)F)[nH]c1=O. The highest BCUT2D eigenvalue weighted by Gasteiger charge is 2.27. The minimum atomic E-state index is -4.33. The summed E-state index contributed by atoms with van der Waals surface area (Å²) in [7, 11) is 0. The number of aromatic amines is 1. The van der Waals surface area contributed by atoms with Crippen LogP contribution < -0.4 is 11.3 Å². The molecule has 0 aliphatic carbocycles. The van der Waals surface area contributed by atoms with E-state index >= 15 is 0 Å². The Bertz CT molecular complexity index is 839. The van der Waals surface area contributed by atoms with Gasteiger partial charge in [-0.05, 0) is 36.1 Å². The van der Waals surface area contributed by atoms with Crippen molar-refractivity contribution >= 4 is 5.91 Å². The average Bonchev–Trinajstić information content (AvgIpc) is 2.52. The molecule has 0 aliphatic heterocycles. The highest BCUT2D eigenvalue weighted by Crippen LogP contribution is 2.29. The highest BCUT2D eigenvalue weighted by atomic mass is 19.4. The number of nitrogens with one attached hydrogen (secondary N) is 1. The maximum atomic E-state index is 12.6. The van der Waals surface area contributed by atoms with E-state index in [-0.39, 0.29) is 23.6 Å². The molecule has 3 N–H and O–H groups in total. The van der Waals surface area contributed by atoms with Crippen molar-refractivity contribution in [3.63, 3.8) is 0 Å². The zero-order valence-corrected chi connectivity index (χ0v) is 13.9. The van der Waals surface area contributed by atoms with Crippen LogP contribution in [0, 0.1) is 0 Å². The summed E-state index contributed by atoms with van der Waals surface area (Å²) >= 11 is 0. The first-order valence-corrected chi connectivity index (χ1v) is 7.81. The van der Waals surface area contributed by atoms with Crippen LogP contribution in [-0.4, -0.2) is 17.1 Å². The number of hydrogen-bond acceptors (Lipinski definition) is 2. The van der Waals surface area contributed by atoms with Crippen LogP contribution in [0.1, 0.15) is 47.8 Å². The first-order valence-electron chi connectivity index (χ1n) is 7.81. The second kappa shape index (κ2) is 7.13. The van der Waals surface area contributed by atoms with Crippen LogP contribution in [0.3, 0.4) is 0 Å². The van der Waals surface area contributed by atoms with Crippen molar-refractivity contribution in [3.05, 3.63) is 57.5 Å². The van der Waals surface area contributed by atoms with E-state index < -0.39 is 24.1 Å². The topological polar surface area (TPSA) is 76.0 Å². The summed E-state index contributed by atoms with van der Waals surface area (Å²) in [6, 6.07) is 7.90. The van der Waals surface area contributed by atoms with Gasteiger partial charge < -0.3 is 10.7 Å². The molecule has 0 unspecified atom stereocenters. The Kier molecular flexibility index (Phi) is 5.35. The number of carbonyl (C=O) groups excluding carboxylic acids is 1. The summed E-state index contributed by atoms with van der Waals surface area (Å²) in [4.78, 5) is 26.1. The predicted octanol–water partition coefficient (Wildman–Crippen LogP) is 3.76. The van der Waals surface area contributed by atoms with Gasteiger partial charge in [-0.15, -0.1) is 0 Å². The molecule has 0 saturated carbocycles. The lowest BCUT2D eigenvalue weighted by Gasteiger charge is -2.15. The first-order chi connectivity index (χ1) is 11.6. The van der Waals surface area contributed by atoms with Crippen molar-refractivity contribution in [3.8, 4) is 11.1 Å². The molecule has 7 heteroatoms. The predicted molar refractivity (Wildman–Crippen MR) is 89.5 cm³/mol. The molecule has 0 radical (unpaired) electrons. The molecule has 1 heterocycles. The lowest BCUT2D eigenvalue weighted by molar-refractivity contribution is -0.134. The van der Waals surface area contributed by atoms with E-state index in [0.29, 0.717) is 16.7 Å². The number of rotatable bonds is 5. The summed E-state index contributed by atoms with van der Waals surface area (Å²) in [6.45, 7) is 3.65. The third-order valence-corrected chi connectivity index (χ3v) is 3.89. The number of H-pyrrole nitrogens is 1. The number of benzene rings is 1. The highest BCUT2D eigenvalue weighted by molar-refractivity contribution is 5.94. The van der Waals surface area contributed by atoms with Crippen molar-refractivity contribution in [1.82, 2.24) is 4.98 Å². The molecule has 1 aromatic heterocycles. The largest absolute Gasteiger partial charge is 0.389 e. The summed E-state index contributed by atoms with van der Waals surface area (Å²) in [5.74, 6) is -0.731. The summed E-state index contributed by atoms with van der Waals surface area (Å²) in [5.41, 5.74) is 6.78. The molecule has 2 aromatic rings. The lowest BCUT2D eigenvalue weighted by Crippen LogP contribution is -2.19. The number of amides is 1. The molecule has 0 aliphatic rings. The maximum absolute atomic E-state index is 12.6. The Morgan fingerprint density at radius 1 is 1.24 bits per heavy atom. The van der Waals surface area contributed by atoms with Gasteiger partial charge in [0, 0.05) is 28.8 Å². The number of alkyl halides is 3. The molecular formula is C18H19F3N2O2. The van der Waals surface area contributed by atoms with Crippen molar-refractivity contribution in [2.45, 2.75) is 38.8 Å². The van der Waals surface area contributed by atoms with Gasteiger partial charge in [0.05, 0.1) is 0 Å². The van der Waals surface area contributed by atoms with Crippen LogP contribution in [-0.2, 0) is 6.42 Å². The fourth-order valence-corrected chi connectivity index (χ4v) is 2.58. The lowest BCUT2D eigenvalue weighted by atomic mass is 9.95. The Hall–Kier alpha value is -2.57. The molecule has 4 nitrogen and oxygen atoms in total. The minimum absolute atomic E-state index is 0.0986. The van der Waals surface area contributed by atoms with Gasteiger partial charge in [0.25, 0.3) is 5.56 Å². The summed E-state index contributed by atoms with van der Waals surface area (Å²) in [5, 5.41) is 0. The second-order valence-electron chi connectivity index (χ2n) is 6.16. The molecule has 0 spiro atoms. The van der Waals surface area contributed by atoms with Crippen LogP contribution in [0.5, 0.6) is 0 Å². The van der Waals surface area contributed by atoms with E-state index in [1.165, 1.54) is 12.1 Å². The molecule has 0 bridgehead atoms. The minimum Gasteiger partial charge on any atom is -0.366 e.